The highest BCUT2D eigenvalue weighted by Crippen LogP contribution is 2.22. The van der Waals surface area contributed by atoms with Crippen molar-refractivity contribution in [3.63, 3.8) is 0 Å². The minimum atomic E-state index is 0.0525. The number of aromatic nitrogens is 1. The van der Waals surface area contributed by atoms with E-state index in [1.807, 2.05) is 49.4 Å². The molecule has 0 aliphatic carbocycles. The number of benzene rings is 2. The van der Waals surface area contributed by atoms with Crippen molar-refractivity contribution < 1.29 is 4.79 Å². The van der Waals surface area contributed by atoms with Crippen LogP contribution in [-0.2, 0) is 0 Å². The van der Waals surface area contributed by atoms with E-state index in [0.29, 0.717) is 5.56 Å². The molecule has 0 bridgehead atoms. The van der Waals surface area contributed by atoms with Gasteiger partial charge >= 0.3 is 0 Å². The maximum atomic E-state index is 12.7. The van der Waals surface area contributed by atoms with Gasteiger partial charge in [-0.1, -0.05) is 42.5 Å². The fraction of sp³-hybridized carbons (Fsp3) is 0.0588. The van der Waals surface area contributed by atoms with Gasteiger partial charge in [0.25, 0.3) is 0 Å². The van der Waals surface area contributed by atoms with Gasteiger partial charge in [-0.3, -0.25) is 9.78 Å². The molecule has 0 saturated carbocycles. The molecule has 0 fully saturated rings. The highest BCUT2D eigenvalue weighted by molar-refractivity contribution is 6.16. The molecule has 0 radical (unpaired) electrons. The number of fused-ring (bicyclic) bond motifs is 1. The highest BCUT2D eigenvalue weighted by atomic mass is 16.1. The van der Waals surface area contributed by atoms with E-state index >= 15 is 0 Å². The van der Waals surface area contributed by atoms with Gasteiger partial charge in [0.2, 0.25) is 0 Å². The van der Waals surface area contributed by atoms with Crippen LogP contribution in [0.15, 0.2) is 60.9 Å². The van der Waals surface area contributed by atoms with Crippen molar-refractivity contribution in [2.75, 3.05) is 0 Å². The lowest BCUT2D eigenvalue weighted by Gasteiger charge is -2.07. The normalized spacial score (nSPS) is 10.6. The minimum Gasteiger partial charge on any atom is -0.289 e. The average molecular weight is 247 g/mol. The number of carbonyl (C=O) groups is 1. The molecule has 1 heterocycles. The number of nitrogens with zero attached hydrogens (tertiary/aromatic N) is 1. The van der Waals surface area contributed by atoms with Crippen LogP contribution in [0.3, 0.4) is 0 Å². The molecule has 0 saturated heterocycles. The van der Waals surface area contributed by atoms with Crippen LogP contribution in [0.5, 0.6) is 0 Å². The second kappa shape index (κ2) is 4.65. The zero-order chi connectivity index (χ0) is 13.2. The lowest BCUT2D eigenvalue weighted by atomic mass is 9.96. The molecule has 92 valence electrons. The maximum Gasteiger partial charge on any atom is 0.194 e. The zero-order valence-electron chi connectivity index (χ0n) is 10.6. The molecule has 3 aromatic rings. The Morgan fingerprint density at radius 1 is 0.947 bits per heavy atom. The van der Waals surface area contributed by atoms with Gasteiger partial charge in [0, 0.05) is 23.5 Å². The van der Waals surface area contributed by atoms with Crippen molar-refractivity contribution in [2.45, 2.75) is 6.92 Å². The molecule has 0 amide bonds. The number of aryl methyl sites for hydroxylation is 1. The van der Waals surface area contributed by atoms with E-state index in [-0.39, 0.29) is 5.78 Å². The van der Waals surface area contributed by atoms with Crippen molar-refractivity contribution >= 4 is 16.6 Å². The summed E-state index contributed by atoms with van der Waals surface area (Å²) in [6.45, 7) is 1.91. The summed E-state index contributed by atoms with van der Waals surface area (Å²) in [6, 6.07) is 15.5. The van der Waals surface area contributed by atoms with Gasteiger partial charge < -0.3 is 0 Å². The van der Waals surface area contributed by atoms with E-state index in [1.54, 1.807) is 18.5 Å². The first-order chi connectivity index (χ1) is 9.27. The summed E-state index contributed by atoms with van der Waals surface area (Å²) in [7, 11) is 0. The molecule has 2 aromatic carbocycles. The van der Waals surface area contributed by atoms with E-state index in [0.717, 1.165) is 21.9 Å². The third-order valence-electron chi connectivity index (χ3n) is 3.30. The number of rotatable bonds is 2. The van der Waals surface area contributed by atoms with Gasteiger partial charge in [0.05, 0.1) is 0 Å². The quantitative estimate of drug-likeness (QED) is 0.645. The maximum absolute atomic E-state index is 12.7. The second-order valence-electron chi connectivity index (χ2n) is 4.55. The Balaban J connectivity index is 2.20. The van der Waals surface area contributed by atoms with Crippen molar-refractivity contribution in [3.05, 3.63) is 77.6 Å². The van der Waals surface area contributed by atoms with Gasteiger partial charge in [0.1, 0.15) is 0 Å². The van der Waals surface area contributed by atoms with Crippen LogP contribution >= 0.6 is 0 Å². The van der Waals surface area contributed by atoms with Crippen molar-refractivity contribution in [2.24, 2.45) is 0 Å². The second-order valence-corrected chi connectivity index (χ2v) is 4.55. The van der Waals surface area contributed by atoms with Crippen molar-refractivity contribution in [3.8, 4) is 0 Å². The summed E-state index contributed by atoms with van der Waals surface area (Å²) >= 11 is 0. The third kappa shape index (κ3) is 2.02. The van der Waals surface area contributed by atoms with Gasteiger partial charge in [-0.15, -0.1) is 0 Å². The topological polar surface area (TPSA) is 30.0 Å². The standard InChI is InChI=1S/C17H13NO/c1-12-11-18-10-9-14(12)17(19)16-8-4-6-13-5-2-3-7-15(13)16/h2-11H,1H3. The molecule has 0 aliphatic rings. The van der Waals surface area contributed by atoms with Crippen LogP contribution < -0.4 is 0 Å². The van der Waals surface area contributed by atoms with E-state index in [1.165, 1.54) is 0 Å². The number of carbonyl (C=O) groups excluding carboxylic acids is 1. The Morgan fingerprint density at radius 2 is 1.74 bits per heavy atom. The van der Waals surface area contributed by atoms with Gasteiger partial charge in [-0.05, 0) is 29.3 Å². The van der Waals surface area contributed by atoms with E-state index in [9.17, 15) is 4.79 Å². The van der Waals surface area contributed by atoms with Crippen molar-refractivity contribution in [1.82, 2.24) is 4.98 Å². The average Bonchev–Trinajstić information content (AvgIpc) is 2.46. The van der Waals surface area contributed by atoms with Gasteiger partial charge in [-0.25, -0.2) is 0 Å². The van der Waals surface area contributed by atoms with Crippen LogP contribution in [0.1, 0.15) is 21.5 Å². The van der Waals surface area contributed by atoms with Gasteiger partial charge in [0.15, 0.2) is 5.78 Å². The Kier molecular flexibility index (Phi) is 2.84. The Hall–Kier alpha value is -2.48. The number of hydrogen-bond donors (Lipinski definition) is 0. The van der Waals surface area contributed by atoms with Crippen LogP contribution in [0, 0.1) is 6.92 Å². The summed E-state index contributed by atoms with van der Waals surface area (Å²) in [5, 5.41) is 2.08. The molecule has 0 N–H and O–H groups in total. The smallest absolute Gasteiger partial charge is 0.194 e. The third-order valence-corrected chi connectivity index (χ3v) is 3.30. The Morgan fingerprint density at radius 3 is 2.58 bits per heavy atom. The largest absolute Gasteiger partial charge is 0.289 e. The van der Waals surface area contributed by atoms with Crippen LogP contribution in [-0.4, -0.2) is 10.8 Å². The minimum absolute atomic E-state index is 0.0525. The number of hydrogen-bond acceptors (Lipinski definition) is 2. The first-order valence-electron chi connectivity index (χ1n) is 6.20. The van der Waals surface area contributed by atoms with Crippen LogP contribution in [0.4, 0.5) is 0 Å². The highest BCUT2D eigenvalue weighted by Gasteiger charge is 2.13. The Labute approximate surface area is 111 Å². The zero-order valence-corrected chi connectivity index (χ0v) is 10.6. The van der Waals surface area contributed by atoms with E-state index < -0.39 is 0 Å². The molecule has 0 unspecified atom stereocenters. The predicted octanol–water partition coefficient (Wildman–Crippen LogP) is 3.77. The molecule has 2 nitrogen and oxygen atoms in total. The molecule has 19 heavy (non-hydrogen) atoms. The molecule has 0 spiro atoms. The monoisotopic (exact) mass is 247 g/mol. The van der Waals surface area contributed by atoms with Crippen molar-refractivity contribution in [1.29, 1.82) is 0 Å². The first-order valence-corrected chi connectivity index (χ1v) is 6.20. The van der Waals surface area contributed by atoms with Crippen LogP contribution in [0.25, 0.3) is 10.8 Å². The van der Waals surface area contributed by atoms with E-state index in [4.69, 9.17) is 0 Å². The summed E-state index contributed by atoms with van der Waals surface area (Å²) in [4.78, 5) is 16.7. The summed E-state index contributed by atoms with van der Waals surface area (Å²) in [5.74, 6) is 0.0525. The summed E-state index contributed by atoms with van der Waals surface area (Å²) in [6.07, 6.45) is 3.38. The molecule has 3 rings (SSSR count). The summed E-state index contributed by atoms with van der Waals surface area (Å²) in [5.41, 5.74) is 2.36. The fourth-order valence-corrected chi connectivity index (χ4v) is 2.30. The first kappa shape index (κ1) is 11.6. The molecule has 0 aliphatic heterocycles. The molecular weight excluding hydrogens is 234 g/mol. The van der Waals surface area contributed by atoms with Gasteiger partial charge in [-0.2, -0.15) is 0 Å². The SMILES string of the molecule is Cc1cnccc1C(=O)c1cccc2ccccc12. The fourth-order valence-electron chi connectivity index (χ4n) is 2.30. The van der Waals surface area contributed by atoms with E-state index in [2.05, 4.69) is 4.98 Å². The molecule has 1 aromatic heterocycles. The number of ketones is 1. The lowest BCUT2D eigenvalue weighted by molar-refractivity contribution is 0.103. The molecular formula is C17H13NO. The predicted molar refractivity (Wildman–Crippen MR) is 76.4 cm³/mol. The number of pyridine rings is 1. The lowest BCUT2D eigenvalue weighted by Crippen LogP contribution is -2.04. The van der Waals surface area contributed by atoms with Crippen LogP contribution in [0.2, 0.25) is 0 Å². The molecule has 0 atom stereocenters. The Bertz CT molecular complexity index is 757. The molecule has 2 heteroatoms. The summed E-state index contributed by atoms with van der Waals surface area (Å²) < 4.78 is 0.